The Morgan fingerprint density at radius 2 is 1.24 bits per heavy atom. The number of nitrogens with zero attached hydrogens (tertiary/aromatic N) is 11. The summed E-state index contributed by atoms with van der Waals surface area (Å²) in [7, 11) is 0. The van der Waals surface area contributed by atoms with E-state index in [4.69, 9.17) is 11.5 Å². The van der Waals surface area contributed by atoms with Crippen LogP contribution in [-0.2, 0) is 13.1 Å². The van der Waals surface area contributed by atoms with Crippen molar-refractivity contribution in [2.45, 2.75) is 20.0 Å². The van der Waals surface area contributed by atoms with E-state index in [1.807, 2.05) is 36.1 Å². The van der Waals surface area contributed by atoms with Crippen LogP contribution in [0.4, 0.5) is 5.69 Å². The highest BCUT2D eigenvalue weighted by atomic mass is 16.2. The minimum atomic E-state index is -0.817. The summed E-state index contributed by atoms with van der Waals surface area (Å²) in [6.07, 6.45) is 2.34. The number of fused-ring (bicyclic) bond motifs is 2. The van der Waals surface area contributed by atoms with Crippen molar-refractivity contribution in [1.29, 1.82) is 0 Å². The predicted octanol–water partition coefficient (Wildman–Crippen LogP) is -2.40. The second kappa shape index (κ2) is 9.52. The van der Waals surface area contributed by atoms with E-state index >= 15 is 0 Å². The van der Waals surface area contributed by atoms with Crippen LogP contribution in [0.3, 0.4) is 0 Å². The summed E-state index contributed by atoms with van der Waals surface area (Å²) < 4.78 is 4.46. The molecule has 0 aliphatic heterocycles. The number of aryl methyl sites for hydroxylation is 1. The van der Waals surface area contributed by atoms with E-state index in [0.717, 1.165) is 29.4 Å². The summed E-state index contributed by atoms with van der Waals surface area (Å²) in [6.45, 7) is 2.83. The number of primary amides is 2. The van der Waals surface area contributed by atoms with Gasteiger partial charge in [-0.3, -0.25) is 9.59 Å². The van der Waals surface area contributed by atoms with Crippen LogP contribution in [0.15, 0.2) is 46.5 Å². The van der Waals surface area contributed by atoms with Crippen molar-refractivity contribution >= 4 is 28.8 Å². The van der Waals surface area contributed by atoms with E-state index in [2.05, 4.69) is 30.6 Å². The van der Waals surface area contributed by atoms with Crippen LogP contribution in [0.2, 0.25) is 0 Å². The first-order valence-electron chi connectivity index (χ1n) is 11.3. The van der Waals surface area contributed by atoms with Gasteiger partial charge in [0.1, 0.15) is 12.7 Å². The molecule has 0 atom stereocenters. The molecule has 0 spiro atoms. The average Bonchev–Trinajstić information content (AvgIpc) is 3.53. The van der Waals surface area contributed by atoms with E-state index in [-0.39, 0.29) is 35.8 Å². The normalized spacial score (nSPS) is 11.3. The third-order valence-electron chi connectivity index (χ3n) is 5.86. The summed E-state index contributed by atoms with van der Waals surface area (Å²) in [5.41, 5.74) is 11.0. The van der Waals surface area contributed by atoms with Gasteiger partial charge in [0.15, 0.2) is 22.7 Å². The molecule has 2 amide bonds. The number of anilines is 1. The largest absolute Gasteiger partial charge is 0.368 e. The first-order valence-corrected chi connectivity index (χ1v) is 11.3. The van der Waals surface area contributed by atoms with Gasteiger partial charge in [0, 0.05) is 18.8 Å². The Bertz CT molecular complexity index is 1690. The Kier molecular flexibility index (Phi) is 6.07. The maximum Gasteiger partial charge on any atom is 0.353 e. The van der Waals surface area contributed by atoms with Gasteiger partial charge in [-0.2, -0.15) is 9.36 Å². The fraction of sp³-hybridized carbons (Fsp3) is 0.238. The number of hydrogen-bond donors (Lipinski definition) is 2. The van der Waals surface area contributed by atoms with Crippen molar-refractivity contribution < 1.29 is 9.59 Å². The van der Waals surface area contributed by atoms with Crippen molar-refractivity contribution in [3.05, 3.63) is 74.8 Å². The topological polar surface area (TPSA) is 220 Å². The molecule has 0 aliphatic rings. The second-order valence-electron chi connectivity index (χ2n) is 8.31. The Morgan fingerprint density at radius 3 is 1.66 bits per heavy atom. The number of amides is 2. The van der Waals surface area contributed by atoms with E-state index in [0.29, 0.717) is 13.1 Å². The van der Waals surface area contributed by atoms with E-state index in [1.165, 1.54) is 12.7 Å². The Morgan fingerprint density at radius 1 is 0.789 bits per heavy atom. The van der Waals surface area contributed by atoms with Crippen LogP contribution in [0.5, 0.6) is 0 Å². The monoisotopic (exact) mass is 519 g/mol. The van der Waals surface area contributed by atoms with E-state index in [1.54, 1.807) is 0 Å². The predicted molar refractivity (Wildman–Crippen MR) is 131 cm³/mol. The number of benzene rings is 1. The Balaban J connectivity index is 1.40. The number of aromatic nitrogens is 10. The smallest absolute Gasteiger partial charge is 0.353 e. The molecule has 5 rings (SSSR count). The van der Waals surface area contributed by atoms with Crippen molar-refractivity contribution in [2.24, 2.45) is 11.5 Å². The van der Waals surface area contributed by atoms with Crippen LogP contribution in [0.25, 0.3) is 11.3 Å². The molecule has 1 aromatic carbocycles. The van der Waals surface area contributed by atoms with Crippen LogP contribution >= 0.6 is 0 Å². The lowest BCUT2D eigenvalue weighted by atomic mass is 10.2. The molecule has 17 heteroatoms. The lowest BCUT2D eigenvalue weighted by Crippen LogP contribution is -2.39. The maximum atomic E-state index is 12.9. The summed E-state index contributed by atoms with van der Waals surface area (Å²) in [5, 5.41) is 15.7. The molecule has 0 saturated carbocycles. The van der Waals surface area contributed by atoms with Gasteiger partial charge >= 0.3 is 11.4 Å². The molecule has 0 saturated heterocycles. The van der Waals surface area contributed by atoms with Crippen LogP contribution in [0.1, 0.15) is 26.5 Å². The number of imidazole rings is 2. The highest BCUT2D eigenvalue weighted by Crippen LogP contribution is 2.15. The van der Waals surface area contributed by atoms with Crippen LogP contribution in [-0.4, -0.2) is 73.7 Å². The van der Waals surface area contributed by atoms with Crippen LogP contribution in [0, 0.1) is 6.92 Å². The molecule has 4 N–H and O–H groups in total. The number of hydrogen-bond acceptors (Lipinski definition) is 11. The third-order valence-corrected chi connectivity index (χ3v) is 5.86. The van der Waals surface area contributed by atoms with Gasteiger partial charge in [-0.15, -0.1) is 10.2 Å². The minimum Gasteiger partial charge on any atom is -0.368 e. The maximum absolute atomic E-state index is 12.9. The summed E-state index contributed by atoms with van der Waals surface area (Å²) in [4.78, 5) is 58.3. The van der Waals surface area contributed by atoms with E-state index in [9.17, 15) is 19.2 Å². The van der Waals surface area contributed by atoms with Gasteiger partial charge in [0.25, 0.3) is 11.8 Å². The molecule has 194 valence electrons. The van der Waals surface area contributed by atoms with Crippen molar-refractivity contribution in [3.63, 3.8) is 0 Å². The summed E-state index contributed by atoms with van der Waals surface area (Å²) in [5.74, 6) is -1.63. The van der Waals surface area contributed by atoms with Gasteiger partial charge < -0.3 is 16.4 Å². The minimum absolute atomic E-state index is 0.0264. The highest BCUT2D eigenvalue weighted by Gasteiger charge is 2.18. The van der Waals surface area contributed by atoms with Gasteiger partial charge in [0.2, 0.25) is 0 Å². The Labute approximate surface area is 211 Å². The van der Waals surface area contributed by atoms with Crippen molar-refractivity contribution in [1.82, 2.24) is 48.8 Å². The standard InChI is InChI=1S/C21H21N13O4/c1-12-2-4-13(5-3-12)30(6-8-33-20(37)31-10-24-14(16(22)35)18(31)26-28-33)7-9-34-21(38)32-11-25-15(17(23)36)19(32)27-29-34/h2-5,10-11H,6-9H2,1H3,(H2,22,35)(H2,23,36). The molecule has 0 aliphatic carbocycles. The first-order chi connectivity index (χ1) is 18.2. The zero-order valence-electron chi connectivity index (χ0n) is 20.0. The van der Waals surface area contributed by atoms with Gasteiger partial charge in [-0.1, -0.05) is 28.1 Å². The molecular weight excluding hydrogens is 498 g/mol. The molecular formula is C21H21N13O4. The van der Waals surface area contributed by atoms with Crippen molar-refractivity contribution in [2.75, 3.05) is 18.0 Å². The molecule has 0 radical (unpaired) electrons. The second-order valence-corrected chi connectivity index (χ2v) is 8.31. The lowest BCUT2D eigenvalue weighted by Gasteiger charge is -2.25. The SMILES string of the molecule is Cc1ccc(N(CCn2nnc3c(C(N)=O)ncn3c2=O)CCn2nnc3c(C(N)=O)ncn3c2=O)cc1. The zero-order chi connectivity index (χ0) is 27.0. The van der Waals surface area contributed by atoms with Crippen molar-refractivity contribution in [3.8, 4) is 0 Å². The van der Waals surface area contributed by atoms with Crippen LogP contribution < -0.4 is 27.7 Å². The molecule has 4 heterocycles. The highest BCUT2D eigenvalue weighted by molar-refractivity contribution is 5.97. The quantitative estimate of drug-likeness (QED) is 0.209. The molecule has 4 aromatic heterocycles. The Hall–Kier alpha value is -5.48. The number of nitrogens with two attached hydrogens (primary N) is 2. The molecule has 0 fully saturated rings. The third kappa shape index (κ3) is 4.31. The van der Waals surface area contributed by atoms with Gasteiger partial charge in [-0.25, -0.2) is 28.4 Å². The number of carbonyl (C=O) groups is 2. The molecule has 0 unspecified atom stereocenters. The molecule has 0 bridgehead atoms. The number of carbonyl (C=O) groups excluding carboxylic acids is 2. The van der Waals surface area contributed by atoms with E-state index < -0.39 is 23.2 Å². The summed E-state index contributed by atoms with van der Waals surface area (Å²) >= 11 is 0. The fourth-order valence-electron chi connectivity index (χ4n) is 3.86. The fourth-order valence-corrected chi connectivity index (χ4v) is 3.86. The lowest BCUT2D eigenvalue weighted by molar-refractivity contribution is 0.0989. The molecule has 5 aromatic rings. The average molecular weight is 519 g/mol. The van der Waals surface area contributed by atoms with Gasteiger partial charge in [-0.05, 0) is 19.1 Å². The first kappa shape index (κ1) is 24.2. The zero-order valence-corrected chi connectivity index (χ0v) is 20.0. The molecule has 38 heavy (non-hydrogen) atoms. The van der Waals surface area contributed by atoms with Gasteiger partial charge in [0.05, 0.1) is 13.1 Å². The number of rotatable bonds is 9. The summed E-state index contributed by atoms with van der Waals surface area (Å²) in [6, 6.07) is 7.70. The molecule has 17 nitrogen and oxygen atoms in total.